The number of hydrogen-bond acceptors (Lipinski definition) is 5. The van der Waals surface area contributed by atoms with E-state index >= 15 is 0 Å². The fraction of sp³-hybridized carbons (Fsp3) is 0.400. The molecule has 2 aromatic carbocycles. The van der Waals surface area contributed by atoms with E-state index in [0.29, 0.717) is 19.4 Å². The first kappa shape index (κ1) is 24.3. The van der Waals surface area contributed by atoms with Gasteiger partial charge in [-0.3, -0.25) is 4.79 Å². The van der Waals surface area contributed by atoms with Gasteiger partial charge in [0.15, 0.2) is 0 Å². The first-order valence-electron chi connectivity index (χ1n) is 11.1. The SMILES string of the molecule is CC(CCCNC(=O)OCC1c2ccccc2-c2ccccc21)C(=O)NC(CCO)C(=O)O. The van der Waals surface area contributed by atoms with Crippen molar-refractivity contribution in [3.05, 3.63) is 59.7 Å². The number of benzene rings is 2. The van der Waals surface area contributed by atoms with Crippen LogP contribution in [0.5, 0.6) is 0 Å². The Morgan fingerprint density at radius 2 is 1.61 bits per heavy atom. The Morgan fingerprint density at radius 1 is 1.00 bits per heavy atom. The summed E-state index contributed by atoms with van der Waals surface area (Å²) < 4.78 is 5.48. The molecule has 1 aliphatic carbocycles. The maximum atomic E-state index is 12.2. The zero-order valence-corrected chi connectivity index (χ0v) is 18.6. The number of amides is 2. The molecule has 3 rings (SSSR count). The molecule has 0 bridgehead atoms. The fourth-order valence-electron chi connectivity index (χ4n) is 4.08. The van der Waals surface area contributed by atoms with Gasteiger partial charge in [0.25, 0.3) is 0 Å². The number of aliphatic hydroxyl groups excluding tert-OH is 1. The predicted molar refractivity (Wildman–Crippen MR) is 123 cm³/mol. The van der Waals surface area contributed by atoms with Gasteiger partial charge in [0, 0.05) is 31.4 Å². The Balaban J connectivity index is 1.41. The Kier molecular flexibility index (Phi) is 8.43. The fourth-order valence-corrected chi connectivity index (χ4v) is 4.08. The summed E-state index contributed by atoms with van der Waals surface area (Å²) in [6.07, 6.45) is 0.456. The van der Waals surface area contributed by atoms with Gasteiger partial charge in [-0.25, -0.2) is 9.59 Å². The van der Waals surface area contributed by atoms with E-state index in [1.54, 1.807) is 6.92 Å². The molecule has 8 heteroatoms. The van der Waals surface area contributed by atoms with Gasteiger partial charge in [-0.05, 0) is 35.1 Å². The smallest absolute Gasteiger partial charge is 0.407 e. The van der Waals surface area contributed by atoms with E-state index in [2.05, 4.69) is 34.9 Å². The van der Waals surface area contributed by atoms with Gasteiger partial charge in [0.2, 0.25) is 5.91 Å². The van der Waals surface area contributed by atoms with Gasteiger partial charge in [0.05, 0.1) is 0 Å². The molecule has 2 unspecified atom stereocenters. The maximum absolute atomic E-state index is 12.2. The van der Waals surface area contributed by atoms with Gasteiger partial charge < -0.3 is 25.6 Å². The lowest BCUT2D eigenvalue weighted by molar-refractivity contribution is -0.142. The highest BCUT2D eigenvalue weighted by atomic mass is 16.5. The summed E-state index contributed by atoms with van der Waals surface area (Å²) in [5.74, 6) is -2.00. The molecule has 0 aliphatic heterocycles. The van der Waals surface area contributed by atoms with Crippen LogP contribution in [-0.4, -0.2) is 54.0 Å². The molecule has 1 aliphatic rings. The van der Waals surface area contributed by atoms with Crippen molar-refractivity contribution >= 4 is 18.0 Å². The Bertz CT molecular complexity index is 947. The number of aliphatic carboxylic acids is 1. The van der Waals surface area contributed by atoms with Crippen LogP contribution in [0.25, 0.3) is 11.1 Å². The van der Waals surface area contributed by atoms with Gasteiger partial charge >= 0.3 is 12.1 Å². The average Bonchev–Trinajstić information content (AvgIpc) is 3.13. The second-order valence-corrected chi connectivity index (χ2v) is 8.21. The molecule has 0 saturated heterocycles. The van der Waals surface area contributed by atoms with E-state index in [0.717, 1.165) is 11.1 Å². The van der Waals surface area contributed by atoms with E-state index in [1.807, 2.05) is 24.3 Å². The molecule has 0 fully saturated rings. The first-order valence-corrected chi connectivity index (χ1v) is 11.1. The van der Waals surface area contributed by atoms with Crippen molar-refractivity contribution in [2.75, 3.05) is 19.8 Å². The van der Waals surface area contributed by atoms with Crippen LogP contribution < -0.4 is 10.6 Å². The standard InChI is InChI=1S/C25H30N2O6/c1-16(23(29)27-22(12-14-28)24(30)31)7-6-13-26-25(32)33-15-21-19-10-4-2-8-17(19)18-9-3-5-11-20(18)21/h2-5,8-11,16,21-22,28H,6-7,12-15H2,1H3,(H,26,32)(H,27,29)(H,30,31). The van der Waals surface area contributed by atoms with Crippen LogP contribution in [0.2, 0.25) is 0 Å². The number of alkyl carbamates (subject to hydrolysis) is 1. The number of nitrogens with one attached hydrogen (secondary N) is 2. The molecule has 2 amide bonds. The minimum atomic E-state index is -1.18. The Hall–Kier alpha value is -3.39. The highest BCUT2D eigenvalue weighted by Crippen LogP contribution is 2.44. The monoisotopic (exact) mass is 454 g/mol. The van der Waals surface area contributed by atoms with Gasteiger partial charge in [-0.15, -0.1) is 0 Å². The van der Waals surface area contributed by atoms with Crippen LogP contribution in [-0.2, 0) is 14.3 Å². The zero-order valence-electron chi connectivity index (χ0n) is 18.6. The van der Waals surface area contributed by atoms with Crippen LogP contribution in [0.1, 0.15) is 43.2 Å². The zero-order chi connectivity index (χ0) is 23.8. The molecule has 33 heavy (non-hydrogen) atoms. The van der Waals surface area contributed by atoms with Crippen LogP contribution in [0, 0.1) is 5.92 Å². The molecule has 0 heterocycles. The summed E-state index contributed by atoms with van der Waals surface area (Å²) >= 11 is 0. The van der Waals surface area contributed by atoms with Gasteiger partial charge in [-0.1, -0.05) is 55.5 Å². The van der Waals surface area contributed by atoms with E-state index in [4.69, 9.17) is 14.9 Å². The quantitative estimate of drug-likeness (QED) is 0.387. The Morgan fingerprint density at radius 3 is 2.18 bits per heavy atom. The third-order valence-corrected chi connectivity index (χ3v) is 5.91. The van der Waals surface area contributed by atoms with Crippen molar-refractivity contribution in [2.24, 2.45) is 5.92 Å². The molecule has 4 N–H and O–H groups in total. The number of ether oxygens (including phenoxy) is 1. The van der Waals surface area contributed by atoms with E-state index in [1.165, 1.54) is 11.1 Å². The topological polar surface area (TPSA) is 125 Å². The maximum Gasteiger partial charge on any atom is 0.407 e. The molecular formula is C25H30N2O6. The number of carboxylic acids is 1. The van der Waals surface area contributed by atoms with Crippen LogP contribution in [0.15, 0.2) is 48.5 Å². The second-order valence-electron chi connectivity index (χ2n) is 8.21. The summed E-state index contributed by atoms with van der Waals surface area (Å²) in [6.45, 7) is 1.95. The largest absolute Gasteiger partial charge is 0.480 e. The van der Waals surface area contributed by atoms with E-state index in [-0.39, 0.29) is 25.6 Å². The molecule has 0 spiro atoms. The minimum absolute atomic E-state index is 0.00651. The molecule has 8 nitrogen and oxygen atoms in total. The van der Waals surface area contributed by atoms with E-state index in [9.17, 15) is 14.4 Å². The number of rotatable bonds is 11. The summed E-state index contributed by atoms with van der Waals surface area (Å²) in [7, 11) is 0. The van der Waals surface area contributed by atoms with Gasteiger partial charge in [0.1, 0.15) is 12.6 Å². The molecule has 0 radical (unpaired) electrons. The first-order chi connectivity index (χ1) is 15.9. The molecule has 176 valence electrons. The number of hydrogen-bond donors (Lipinski definition) is 4. The van der Waals surface area contributed by atoms with Gasteiger partial charge in [-0.2, -0.15) is 0 Å². The van der Waals surface area contributed by atoms with Crippen molar-refractivity contribution in [1.82, 2.24) is 10.6 Å². The molecule has 2 aromatic rings. The molecule has 0 aromatic heterocycles. The molecular weight excluding hydrogens is 424 g/mol. The van der Waals surface area contributed by atoms with Crippen molar-refractivity contribution < 1.29 is 29.3 Å². The lowest BCUT2D eigenvalue weighted by atomic mass is 9.98. The highest BCUT2D eigenvalue weighted by Gasteiger charge is 2.29. The second kappa shape index (κ2) is 11.5. The van der Waals surface area contributed by atoms with Crippen molar-refractivity contribution in [2.45, 2.75) is 38.1 Å². The third kappa shape index (κ3) is 6.10. The minimum Gasteiger partial charge on any atom is -0.480 e. The number of aliphatic hydroxyl groups is 1. The van der Waals surface area contributed by atoms with E-state index < -0.39 is 29.9 Å². The summed E-state index contributed by atoms with van der Waals surface area (Å²) in [4.78, 5) is 35.4. The van der Waals surface area contributed by atoms with Crippen molar-refractivity contribution in [3.63, 3.8) is 0 Å². The highest BCUT2D eigenvalue weighted by molar-refractivity contribution is 5.84. The van der Waals surface area contributed by atoms with Crippen LogP contribution in [0.4, 0.5) is 4.79 Å². The Labute approximate surface area is 193 Å². The van der Waals surface area contributed by atoms with Crippen LogP contribution >= 0.6 is 0 Å². The molecule has 2 atom stereocenters. The number of carbonyl (C=O) groups is 3. The van der Waals surface area contributed by atoms with Crippen molar-refractivity contribution in [1.29, 1.82) is 0 Å². The number of carboxylic acid groups (broad SMARTS) is 1. The van der Waals surface area contributed by atoms with Crippen LogP contribution in [0.3, 0.4) is 0 Å². The summed E-state index contributed by atoms with van der Waals surface area (Å²) in [5.41, 5.74) is 4.62. The lowest BCUT2D eigenvalue weighted by Crippen LogP contribution is -2.43. The summed E-state index contributed by atoms with van der Waals surface area (Å²) in [6, 6.07) is 15.1. The van der Waals surface area contributed by atoms with Crippen molar-refractivity contribution in [3.8, 4) is 11.1 Å². The third-order valence-electron chi connectivity index (χ3n) is 5.91. The average molecular weight is 455 g/mol. The predicted octanol–water partition coefficient (Wildman–Crippen LogP) is 2.89. The number of carbonyl (C=O) groups excluding carboxylic acids is 2. The summed E-state index contributed by atoms with van der Waals surface area (Å²) in [5, 5.41) is 23.1. The number of fused-ring (bicyclic) bond motifs is 3. The lowest BCUT2D eigenvalue weighted by Gasteiger charge is -2.17. The molecule has 0 saturated carbocycles. The normalized spacial score (nSPS) is 14.0.